The average molecular weight is 961 g/mol. The van der Waals surface area contributed by atoms with Gasteiger partial charge in [-0.2, -0.15) is 0 Å². The molecule has 0 aromatic carbocycles. The first-order valence-corrected chi connectivity index (χ1v) is 30.9. The number of nitrogens with one attached hydrogen (secondary N) is 1. The molecule has 2 atom stereocenters. The van der Waals surface area contributed by atoms with Crippen LogP contribution in [0.25, 0.3) is 0 Å². The van der Waals surface area contributed by atoms with Crippen molar-refractivity contribution in [2.45, 2.75) is 360 Å². The Hall–Kier alpha value is -1.40. The summed E-state index contributed by atoms with van der Waals surface area (Å²) in [4.78, 5) is 24.6. The Kier molecular flexibility index (Phi) is 57.0. The topological polar surface area (TPSA) is 95.9 Å². The van der Waals surface area contributed by atoms with Gasteiger partial charge in [0.1, 0.15) is 0 Å². The molecule has 0 rings (SSSR count). The first-order chi connectivity index (χ1) is 33.5. The molecule has 0 fully saturated rings. The second-order valence-electron chi connectivity index (χ2n) is 21.4. The molecule has 3 N–H and O–H groups in total. The molecule has 0 bridgehead atoms. The predicted molar refractivity (Wildman–Crippen MR) is 297 cm³/mol. The van der Waals surface area contributed by atoms with Crippen molar-refractivity contribution < 1.29 is 24.5 Å². The maximum atomic E-state index is 12.5. The van der Waals surface area contributed by atoms with Crippen LogP contribution in [-0.2, 0) is 14.3 Å². The molecule has 0 aliphatic rings. The van der Waals surface area contributed by atoms with Crippen LogP contribution in [0.5, 0.6) is 0 Å². The molecule has 0 saturated carbocycles. The number of aliphatic hydroxyl groups is 2. The van der Waals surface area contributed by atoms with E-state index >= 15 is 0 Å². The van der Waals surface area contributed by atoms with E-state index in [2.05, 4.69) is 31.3 Å². The number of aliphatic hydroxyl groups excluding tert-OH is 2. The fourth-order valence-corrected chi connectivity index (χ4v) is 9.81. The van der Waals surface area contributed by atoms with Gasteiger partial charge in [0, 0.05) is 12.8 Å². The summed E-state index contributed by atoms with van der Waals surface area (Å²) in [7, 11) is 0. The van der Waals surface area contributed by atoms with Crippen LogP contribution >= 0.6 is 0 Å². The SMILES string of the molecule is CCCCCCCC/C=C\CCCCCCCCCCCC(=O)OCCCCCCCCCCCCCCCCCC(=O)NC(CO)C(O)CCCCCCCCCCCCCCCCCCC. The molecule has 1 amide bonds. The van der Waals surface area contributed by atoms with Crippen LogP contribution in [0.1, 0.15) is 348 Å². The molecule has 0 heterocycles. The van der Waals surface area contributed by atoms with Crippen molar-refractivity contribution in [2.75, 3.05) is 13.2 Å². The third-order valence-corrected chi connectivity index (χ3v) is 14.6. The van der Waals surface area contributed by atoms with E-state index in [4.69, 9.17) is 4.74 Å². The Bertz CT molecular complexity index is 1020. The van der Waals surface area contributed by atoms with Gasteiger partial charge in [-0.15, -0.1) is 0 Å². The Balaban J connectivity index is 3.40. The van der Waals surface area contributed by atoms with Crippen LogP contribution in [0, 0.1) is 0 Å². The number of amides is 1. The zero-order chi connectivity index (χ0) is 49.3. The minimum atomic E-state index is -0.670. The predicted octanol–water partition coefficient (Wildman–Crippen LogP) is 19.2. The number of hydrogen-bond acceptors (Lipinski definition) is 5. The third kappa shape index (κ3) is 53.9. The zero-order valence-electron chi connectivity index (χ0n) is 46.1. The second-order valence-corrected chi connectivity index (χ2v) is 21.4. The summed E-state index contributed by atoms with van der Waals surface area (Å²) in [5, 5.41) is 23.3. The minimum absolute atomic E-state index is 0.00131. The summed E-state index contributed by atoms with van der Waals surface area (Å²) < 4.78 is 5.49. The van der Waals surface area contributed by atoms with Crippen molar-refractivity contribution in [1.29, 1.82) is 0 Å². The monoisotopic (exact) mass is 960 g/mol. The lowest BCUT2D eigenvalue weighted by atomic mass is 10.0. The highest BCUT2D eigenvalue weighted by atomic mass is 16.5. The summed E-state index contributed by atoms with van der Waals surface area (Å²) in [5.74, 6) is -0.0390. The lowest BCUT2D eigenvalue weighted by Gasteiger charge is -2.22. The smallest absolute Gasteiger partial charge is 0.305 e. The largest absolute Gasteiger partial charge is 0.466 e. The average Bonchev–Trinajstić information content (AvgIpc) is 3.34. The molecule has 2 unspecified atom stereocenters. The van der Waals surface area contributed by atoms with E-state index in [1.165, 1.54) is 270 Å². The van der Waals surface area contributed by atoms with Crippen LogP contribution in [0.3, 0.4) is 0 Å². The molecule has 6 nitrogen and oxygen atoms in total. The van der Waals surface area contributed by atoms with Gasteiger partial charge in [0.25, 0.3) is 0 Å². The molecule has 0 aromatic rings. The highest BCUT2D eigenvalue weighted by Crippen LogP contribution is 2.18. The van der Waals surface area contributed by atoms with Crippen molar-refractivity contribution >= 4 is 11.9 Å². The van der Waals surface area contributed by atoms with Crippen LogP contribution in [0.15, 0.2) is 12.2 Å². The normalized spacial score (nSPS) is 12.6. The van der Waals surface area contributed by atoms with Crippen molar-refractivity contribution in [3.63, 3.8) is 0 Å². The lowest BCUT2D eigenvalue weighted by molar-refractivity contribution is -0.143. The Morgan fingerprint density at radius 3 is 1.04 bits per heavy atom. The van der Waals surface area contributed by atoms with Gasteiger partial charge >= 0.3 is 5.97 Å². The first-order valence-electron chi connectivity index (χ1n) is 30.9. The third-order valence-electron chi connectivity index (χ3n) is 14.6. The van der Waals surface area contributed by atoms with E-state index in [-0.39, 0.29) is 18.5 Å². The highest BCUT2D eigenvalue weighted by molar-refractivity contribution is 5.76. The van der Waals surface area contributed by atoms with Gasteiger partial charge in [0.05, 0.1) is 25.4 Å². The van der Waals surface area contributed by atoms with E-state index < -0.39 is 12.1 Å². The molecule has 0 radical (unpaired) electrons. The molecule has 0 aliphatic carbocycles. The quantitative estimate of drug-likeness (QED) is 0.0321. The van der Waals surface area contributed by atoms with Crippen LogP contribution < -0.4 is 5.32 Å². The fourth-order valence-electron chi connectivity index (χ4n) is 9.81. The number of carbonyl (C=O) groups excluding carboxylic acids is 2. The summed E-state index contributed by atoms with van der Waals surface area (Å²) >= 11 is 0. The van der Waals surface area contributed by atoms with Gasteiger partial charge in [0.2, 0.25) is 5.91 Å². The van der Waals surface area contributed by atoms with E-state index in [0.717, 1.165) is 44.9 Å². The molecule has 0 aromatic heterocycles. The lowest BCUT2D eigenvalue weighted by Crippen LogP contribution is -2.45. The second kappa shape index (κ2) is 58.2. The van der Waals surface area contributed by atoms with E-state index in [1.807, 2.05) is 0 Å². The Morgan fingerprint density at radius 2 is 0.691 bits per heavy atom. The standard InChI is InChI=1S/C62H121NO5/c1-3-5-7-9-11-13-15-17-19-21-22-24-28-32-36-40-44-48-52-56-62(67)68-57-53-49-45-41-37-33-29-25-27-31-35-39-43-47-51-55-61(66)63-59(58-64)60(65)54-50-46-42-38-34-30-26-23-20-18-16-14-12-10-8-6-4-2/h17,19,59-60,64-65H,3-16,18,20-58H2,1-2H3,(H,63,66)/b19-17-. The van der Waals surface area contributed by atoms with E-state index in [9.17, 15) is 19.8 Å². The first kappa shape index (κ1) is 66.6. The van der Waals surface area contributed by atoms with Crippen molar-refractivity contribution in [1.82, 2.24) is 5.32 Å². The van der Waals surface area contributed by atoms with E-state index in [0.29, 0.717) is 25.9 Å². The molecule has 0 saturated heterocycles. The number of unbranched alkanes of at least 4 members (excludes halogenated alkanes) is 45. The number of ether oxygens (including phenoxy) is 1. The number of rotatable bonds is 58. The Labute approximate surface area is 425 Å². The molecule has 0 spiro atoms. The van der Waals surface area contributed by atoms with Crippen LogP contribution in [-0.4, -0.2) is 47.4 Å². The maximum Gasteiger partial charge on any atom is 0.305 e. The van der Waals surface area contributed by atoms with Crippen molar-refractivity contribution in [2.24, 2.45) is 0 Å². The number of esters is 1. The molecular formula is C62H121NO5. The van der Waals surface area contributed by atoms with Crippen LogP contribution in [0.2, 0.25) is 0 Å². The van der Waals surface area contributed by atoms with Gasteiger partial charge in [-0.1, -0.05) is 296 Å². The zero-order valence-corrected chi connectivity index (χ0v) is 46.1. The molecule has 404 valence electrons. The van der Waals surface area contributed by atoms with Crippen LogP contribution in [0.4, 0.5) is 0 Å². The molecular weight excluding hydrogens is 839 g/mol. The summed E-state index contributed by atoms with van der Waals surface area (Å²) in [6, 6.07) is -0.548. The summed E-state index contributed by atoms with van der Waals surface area (Å²) in [6.07, 6.45) is 69.2. The highest BCUT2D eigenvalue weighted by Gasteiger charge is 2.20. The molecule has 6 heteroatoms. The van der Waals surface area contributed by atoms with E-state index in [1.54, 1.807) is 0 Å². The van der Waals surface area contributed by atoms with Gasteiger partial charge in [0.15, 0.2) is 0 Å². The van der Waals surface area contributed by atoms with Crippen molar-refractivity contribution in [3.05, 3.63) is 12.2 Å². The molecule has 68 heavy (non-hydrogen) atoms. The number of allylic oxidation sites excluding steroid dienone is 2. The van der Waals surface area contributed by atoms with Gasteiger partial charge in [-0.25, -0.2) is 0 Å². The number of hydrogen-bond donors (Lipinski definition) is 3. The maximum absolute atomic E-state index is 12.5. The number of carbonyl (C=O) groups is 2. The van der Waals surface area contributed by atoms with Gasteiger partial charge < -0.3 is 20.3 Å². The van der Waals surface area contributed by atoms with Gasteiger partial charge in [-0.05, 0) is 51.4 Å². The van der Waals surface area contributed by atoms with Gasteiger partial charge in [-0.3, -0.25) is 9.59 Å². The Morgan fingerprint density at radius 1 is 0.397 bits per heavy atom. The summed E-state index contributed by atoms with van der Waals surface area (Å²) in [6.45, 7) is 4.96. The van der Waals surface area contributed by atoms with Crippen molar-refractivity contribution in [3.8, 4) is 0 Å². The summed E-state index contributed by atoms with van der Waals surface area (Å²) in [5.41, 5.74) is 0. The fraction of sp³-hybridized carbons (Fsp3) is 0.935. The molecule has 0 aliphatic heterocycles. The minimum Gasteiger partial charge on any atom is -0.466 e.